The Labute approximate surface area is 112 Å². The zero-order chi connectivity index (χ0) is 13.5. The minimum Gasteiger partial charge on any atom is -0.480 e. The zero-order valence-corrected chi connectivity index (χ0v) is 11.4. The molecule has 0 saturated heterocycles. The molecule has 0 fully saturated rings. The number of esters is 1. The second kappa shape index (κ2) is 7.24. The average molecular weight is 272 g/mol. The van der Waals surface area contributed by atoms with Gasteiger partial charge in [-0.15, -0.1) is 0 Å². The van der Waals surface area contributed by atoms with Crippen molar-refractivity contribution in [2.45, 2.75) is 25.8 Å². The van der Waals surface area contributed by atoms with Crippen molar-refractivity contribution in [3.05, 3.63) is 28.8 Å². The molecule has 0 spiro atoms. The summed E-state index contributed by atoms with van der Waals surface area (Å²) >= 11 is 6.06. The predicted octanol–water partition coefficient (Wildman–Crippen LogP) is 2.17. The molecular formula is C13H18ClNO3. The SMILES string of the molecule is CCC(N)Cc1cccc(Cl)c1OCC(=O)OC. The molecule has 0 aromatic heterocycles. The maximum absolute atomic E-state index is 11.1. The van der Waals surface area contributed by atoms with Crippen LogP contribution in [0.5, 0.6) is 5.75 Å². The summed E-state index contributed by atoms with van der Waals surface area (Å²) in [4.78, 5) is 11.1. The predicted molar refractivity (Wildman–Crippen MR) is 70.9 cm³/mol. The van der Waals surface area contributed by atoms with Crippen molar-refractivity contribution in [1.82, 2.24) is 0 Å². The van der Waals surface area contributed by atoms with Gasteiger partial charge in [0, 0.05) is 6.04 Å². The summed E-state index contributed by atoms with van der Waals surface area (Å²) in [7, 11) is 1.31. The summed E-state index contributed by atoms with van der Waals surface area (Å²) in [5.74, 6) is 0.0640. The molecule has 1 aromatic rings. The fourth-order valence-corrected chi connectivity index (χ4v) is 1.74. The van der Waals surface area contributed by atoms with E-state index in [1.165, 1.54) is 7.11 Å². The second-order valence-corrected chi connectivity index (χ2v) is 4.37. The highest BCUT2D eigenvalue weighted by Crippen LogP contribution is 2.29. The van der Waals surface area contributed by atoms with Crippen LogP contribution in [0.2, 0.25) is 5.02 Å². The Morgan fingerprint density at radius 3 is 2.83 bits per heavy atom. The van der Waals surface area contributed by atoms with Gasteiger partial charge in [0.15, 0.2) is 6.61 Å². The summed E-state index contributed by atoms with van der Waals surface area (Å²) in [6.07, 6.45) is 1.52. The Hall–Kier alpha value is -1.26. The van der Waals surface area contributed by atoms with Crippen molar-refractivity contribution < 1.29 is 14.3 Å². The van der Waals surface area contributed by atoms with Crippen LogP contribution in [0.1, 0.15) is 18.9 Å². The summed E-state index contributed by atoms with van der Waals surface area (Å²) in [6, 6.07) is 5.50. The maximum Gasteiger partial charge on any atom is 0.343 e. The van der Waals surface area contributed by atoms with E-state index in [9.17, 15) is 4.79 Å². The number of carbonyl (C=O) groups is 1. The van der Waals surface area contributed by atoms with Gasteiger partial charge in [0.25, 0.3) is 0 Å². The Bertz CT molecular complexity index is 409. The maximum atomic E-state index is 11.1. The van der Waals surface area contributed by atoms with Crippen molar-refractivity contribution in [3.8, 4) is 5.75 Å². The lowest BCUT2D eigenvalue weighted by molar-refractivity contribution is -0.142. The number of hydrogen-bond donors (Lipinski definition) is 1. The molecule has 1 atom stereocenters. The third-order valence-corrected chi connectivity index (χ3v) is 2.91. The number of halogens is 1. The van der Waals surface area contributed by atoms with E-state index >= 15 is 0 Å². The molecular weight excluding hydrogens is 254 g/mol. The number of methoxy groups -OCH3 is 1. The molecule has 1 unspecified atom stereocenters. The minimum atomic E-state index is -0.444. The highest BCUT2D eigenvalue weighted by Gasteiger charge is 2.13. The molecule has 2 N–H and O–H groups in total. The van der Waals surface area contributed by atoms with Crippen molar-refractivity contribution in [3.63, 3.8) is 0 Å². The molecule has 1 rings (SSSR count). The van der Waals surface area contributed by atoms with Crippen LogP contribution in [0.4, 0.5) is 0 Å². The van der Waals surface area contributed by atoms with Crippen molar-refractivity contribution in [1.29, 1.82) is 0 Å². The summed E-state index contributed by atoms with van der Waals surface area (Å²) in [6.45, 7) is 1.86. The first-order valence-electron chi connectivity index (χ1n) is 5.81. The molecule has 0 saturated carbocycles. The number of ether oxygens (including phenoxy) is 2. The van der Waals surface area contributed by atoms with Crippen molar-refractivity contribution >= 4 is 17.6 Å². The molecule has 1 aromatic carbocycles. The van der Waals surface area contributed by atoms with Gasteiger partial charge in [-0.3, -0.25) is 0 Å². The lowest BCUT2D eigenvalue weighted by Gasteiger charge is -2.15. The lowest BCUT2D eigenvalue weighted by atomic mass is 10.0. The van der Waals surface area contributed by atoms with E-state index < -0.39 is 5.97 Å². The number of rotatable bonds is 6. The standard InChI is InChI=1S/C13H18ClNO3/c1-3-10(15)7-9-5-4-6-11(14)13(9)18-8-12(16)17-2/h4-6,10H,3,7-8,15H2,1-2H3. The van der Waals surface area contributed by atoms with Gasteiger partial charge in [-0.25, -0.2) is 4.79 Å². The van der Waals surface area contributed by atoms with Crippen LogP contribution in [-0.4, -0.2) is 25.7 Å². The fraction of sp³-hybridized carbons (Fsp3) is 0.462. The zero-order valence-electron chi connectivity index (χ0n) is 10.6. The lowest BCUT2D eigenvalue weighted by Crippen LogP contribution is -2.22. The van der Waals surface area contributed by atoms with E-state index in [1.54, 1.807) is 6.07 Å². The quantitative estimate of drug-likeness (QED) is 0.806. The highest BCUT2D eigenvalue weighted by molar-refractivity contribution is 6.32. The summed E-state index contributed by atoms with van der Waals surface area (Å²) in [5.41, 5.74) is 6.82. The molecule has 0 aliphatic carbocycles. The Kier molecular flexibility index (Phi) is 5.95. The summed E-state index contributed by atoms with van der Waals surface area (Å²) in [5, 5.41) is 0.472. The molecule has 0 heterocycles. The van der Waals surface area contributed by atoms with E-state index in [-0.39, 0.29) is 12.6 Å². The molecule has 0 radical (unpaired) electrons. The van der Waals surface area contributed by atoms with Crippen molar-refractivity contribution in [2.75, 3.05) is 13.7 Å². The minimum absolute atomic E-state index is 0.0453. The van der Waals surface area contributed by atoms with Crippen LogP contribution < -0.4 is 10.5 Å². The monoisotopic (exact) mass is 271 g/mol. The van der Waals surface area contributed by atoms with Gasteiger partial charge in [-0.1, -0.05) is 30.7 Å². The van der Waals surface area contributed by atoms with Crippen LogP contribution in [0.25, 0.3) is 0 Å². The van der Waals surface area contributed by atoms with Crippen LogP contribution in [0.15, 0.2) is 18.2 Å². The van der Waals surface area contributed by atoms with Crippen LogP contribution in [0.3, 0.4) is 0 Å². The van der Waals surface area contributed by atoms with Crippen LogP contribution in [-0.2, 0) is 16.0 Å². The number of para-hydroxylation sites is 1. The van der Waals surface area contributed by atoms with E-state index in [0.717, 1.165) is 12.0 Å². The van der Waals surface area contributed by atoms with E-state index in [4.69, 9.17) is 22.1 Å². The van der Waals surface area contributed by atoms with Crippen molar-refractivity contribution in [2.24, 2.45) is 5.73 Å². The normalized spacial score (nSPS) is 12.0. The number of hydrogen-bond acceptors (Lipinski definition) is 4. The number of nitrogens with two attached hydrogens (primary N) is 1. The first-order chi connectivity index (χ1) is 8.58. The smallest absolute Gasteiger partial charge is 0.343 e. The molecule has 0 amide bonds. The van der Waals surface area contributed by atoms with Crippen LogP contribution >= 0.6 is 11.6 Å². The average Bonchev–Trinajstić information content (AvgIpc) is 2.37. The molecule has 18 heavy (non-hydrogen) atoms. The molecule has 0 aliphatic heterocycles. The fourth-order valence-electron chi connectivity index (χ4n) is 1.49. The van der Waals surface area contributed by atoms with Gasteiger partial charge in [0.2, 0.25) is 0 Å². The number of carbonyl (C=O) groups excluding carboxylic acids is 1. The van der Waals surface area contributed by atoms with Gasteiger partial charge >= 0.3 is 5.97 Å². The van der Waals surface area contributed by atoms with E-state index in [0.29, 0.717) is 17.2 Å². The molecule has 0 aliphatic rings. The van der Waals surface area contributed by atoms with E-state index in [2.05, 4.69) is 4.74 Å². The number of benzene rings is 1. The topological polar surface area (TPSA) is 61.5 Å². The van der Waals surface area contributed by atoms with Gasteiger partial charge < -0.3 is 15.2 Å². The van der Waals surface area contributed by atoms with Gasteiger partial charge in [0.1, 0.15) is 5.75 Å². The largest absolute Gasteiger partial charge is 0.480 e. The first kappa shape index (κ1) is 14.8. The van der Waals surface area contributed by atoms with E-state index in [1.807, 2.05) is 19.1 Å². The highest BCUT2D eigenvalue weighted by atomic mass is 35.5. The Balaban J connectivity index is 2.83. The second-order valence-electron chi connectivity index (χ2n) is 3.97. The molecule has 100 valence electrons. The molecule has 0 bridgehead atoms. The summed E-state index contributed by atoms with van der Waals surface area (Å²) < 4.78 is 9.93. The Morgan fingerprint density at radius 1 is 1.50 bits per heavy atom. The Morgan fingerprint density at radius 2 is 2.22 bits per heavy atom. The first-order valence-corrected chi connectivity index (χ1v) is 6.18. The van der Waals surface area contributed by atoms with Crippen LogP contribution in [0, 0.1) is 0 Å². The third-order valence-electron chi connectivity index (χ3n) is 2.62. The molecule has 5 heteroatoms. The van der Waals surface area contributed by atoms with Gasteiger partial charge in [-0.2, -0.15) is 0 Å². The molecule has 4 nitrogen and oxygen atoms in total. The third kappa shape index (κ3) is 4.20. The van der Waals surface area contributed by atoms with Gasteiger partial charge in [0.05, 0.1) is 12.1 Å². The van der Waals surface area contributed by atoms with Gasteiger partial charge in [-0.05, 0) is 24.5 Å².